The van der Waals surface area contributed by atoms with Crippen LogP contribution in [0, 0.1) is 0 Å². The Balaban J connectivity index is 1.17. The van der Waals surface area contributed by atoms with Gasteiger partial charge in [-0.3, -0.25) is 0 Å². The quantitative estimate of drug-likeness (QED) is 0.381. The minimum absolute atomic E-state index is 0.565. The number of fused-ring (bicyclic) bond motifs is 1. The third-order valence-corrected chi connectivity index (χ3v) is 5.93. The van der Waals surface area contributed by atoms with E-state index in [1.807, 2.05) is 48.7 Å². The lowest BCUT2D eigenvalue weighted by atomic mass is 10.1. The predicted molar refractivity (Wildman–Crippen MR) is 129 cm³/mol. The van der Waals surface area contributed by atoms with Gasteiger partial charge in [0.1, 0.15) is 11.6 Å². The van der Waals surface area contributed by atoms with Crippen LogP contribution in [0.2, 0.25) is 0 Å². The lowest BCUT2D eigenvalue weighted by Crippen LogP contribution is -2.31. The van der Waals surface area contributed by atoms with E-state index in [-0.39, 0.29) is 0 Å². The van der Waals surface area contributed by atoms with Crippen LogP contribution in [0.4, 0.5) is 11.6 Å². The highest BCUT2D eigenvalue weighted by Gasteiger charge is 2.09. The van der Waals surface area contributed by atoms with Crippen molar-refractivity contribution in [3.8, 4) is 11.6 Å². The van der Waals surface area contributed by atoms with E-state index in [0.29, 0.717) is 5.95 Å². The van der Waals surface area contributed by atoms with Gasteiger partial charge in [-0.1, -0.05) is 24.6 Å². The Labute approximate surface area is 188 Å². The van der Waals surface area contributed by atoms with Gasteiger partial charge in [-0.05, 0) is 80.2 Å². The maximum atomic E-state index is 5.92. The second-order valence-electron chi connectivity index (χ2n) is 8.24. The second-order valence-corrected chi connectivity index (χ2v) is 8.24. The average molecular weight is 428 g/mol. The molecule has 0 aliphatic carbocycles. The van der Waals surface area contributed by atoms with E-state index >= 15 is 0 Å². The van der Waals surface area contributed by atoms with Crippen molar-refractivity contribution < 1.29 is 4.74 Å². The van der Waals surface area contributed by atoms with E-state index in [9.17, 15) is 0 Å². The number of aromatic nitrogens is 3. The van der Waals surface area contributed by atoms with Gasteiger partial charge in [0.25, 0.3) is 0 Å². The standard InChI is InChI=1S/C26H29N5O/c1-4-16-30(17-5-1)18-6-20-32-23-11-9-22(10-12-23)28-26-27-15-13-25(29-26)31-19-14-21-7-2-3-8-24(21)31/h2-3,7-15,19H,1,4-6,16-18,20H2,(H,27,28,29). The van der Waals surface area contributed by atoms with Gasteiger partial charge in [0.2, 0.25) is 5.95 Å². The molecule has 5 rings (SSSR count). The van der Waals surface area contributed by atoms with Crippen LogP contribution in [-0.4, -0.2) is 45.7 Å². The third-order valence-electron chi connectivity index (χ3n) is 5.93. The molecule has 1 aliphatic heterocycles. The molecule has 6 nitrogen and oxygen atoms in total. The van der Waals surface area contributed by atoms with Crippen LogP contribution < -0.4 is 10.1 Å². The fraction of sp³-hybridized carbons (Fsp3) is 0.308. The van der Waals surface area contributed by atoms with E-state index in [0.717, 1.165) is 42.3 Å². The molecule has 164 valence electrons. The number of ether oxygens (including phenoxy) is 1. The minimum atomic E-state index is 0.565. The summed E-state index contributed by atoms with van der Waals surface area (Å²) in [6, 6.07) is 20.3. The Morgan fingerprint density at radius 3 is 2.62 bits per heavy atom. The SMILES string of the molecule is c1ccc2c(c1)ccn2-c1ccnc(Nc2ccc(OCCCN3CCCCC3)cc2)n1. The second kappa shape index (κ2) is 9.83. The normalized spacial score (nSPS) is 14.5. The van der Waals surface area contributed by atoms with Crippen LogP contribution in [0.5, 0.6) is 5.75 Å². The number of likely N-dealkylation sites (tertiary alicyclic amines) is 1. The summed E-state index contributed by atoms with van der Waals surface area (Å²) in [5.74, 6) is 2.29. The Morgan fingerprint density at radius 1 is 0.906 bits per heavy atom. The average Bonchev–Trinajstić information content (AvgIpc) is 3.28. The number of hydrogen-bond acceptors (Lipinski definition) is 5. The fourth-order valence-corrected chi connectivity index (χ4v) is 4.25. The van der Waals surface area contributed by atoms with Crippen molar-refractivity contribution in [1.82, 2.24) is 19.4 Å². The predicted octanol–water partition coefficient (Wildman–Crippen LogP) is 5.42. The van der Waals surface area contributed by atoms with Gasteiger partial charge in [-0.25, -0.2) is 4.98 Å². The van der Waals surface area contributed by atoms with Crippen LogP contribution in [0.15, 0.2) is 73.1 Å². The molecular weight excluding hydrogens is 398 g/mol. The monoisotopic (exact) mass is 427 g/mol. The Morgan fingerprint density at radius 2 is 1.75 bits per heavy atom. The van der Waals surface area contributed by atoms with Crippen molar-refractivity contribution in [2.45, 2.75) is 25.7 Å². The first-order valence-corrected chi connectivity index (χ1v) is 11.5. The molecule has 1 fully saturated rings. The summed E-state index contributed by atoms with van der Waals surface area (Å²) in [4.78, 5) is 11.6. The van der Waals surface area contributed by atoms with Crippen molar-refractivity contribution in [2.75, 3.05) is 31.6 Å². The highest BCUT2D eigenvalue weighted by atomic mass is 16.5. The molecule has 2 aromatic carbocycles. The van der Waals surface area contributed by atoms with Crippen LogP contribution >= 0.6 is 0 Å². The molecule has 2 aromatic heterocycles. The molecule has 1 N–H and O–H groups in total. The number of hydrogen-bond donors (Lipinski definition) is 1. The summed E-state index contributed by atoms with van der Waals surface area (Å²) in [5.41, 5.74) is 2.05. The zero-order chi connectivity index (χ0) is 21.6. The lowest BCUT2D eigenvalue weighted by Gasteiger charge is -2.26. The highest BCUT2D eigenvalue weighted by Crippen LogP contribution is 2.21. The molecule has 4 aromatic rings. The highest BCUT2D eigenvalue weighted by molar-refractivity contribution is 5.81. The van der Waals surface area contributed by atoms with E-state index in [1.165, 1.54) is 37.7 Å². The van der Waals surface area contributed by atoms with Gasteiger partial charge in [-0.15, -0.1) is 0 Å². The van der Waals surface area contributed by atoms with Crippen molar-refractivity contribution in [3.05, 3.63) is 73.1 Å². The first-order valence-electron chi connectivity index (χ1n) is 11.5. The molecule has 0 amide bonds. The molecule has 32 heavy (non-hydrogen) atoms. The number of rotatable bonds is 8. The smallest absolute Gasteiger partial charge is 0.229 e. The van der Waals surface area contributed by atoms with E-state index in [1.54, 1.807) is 6.20 Å². The zero-order valence-electron chi connectivity index (χ0n) is 18.3. The van der Waals surface area contributed by atoms with Crippen molar-refractivity contribution in [2.24, 2.45) is 0 Å². The lowest BCUT2D eigenvalue weighted by molar-refractivity contribution is 0.205. The van der Waals surface area contributed by atoms with Gasteiger partial charge in [0.05, 0.1) is 12.1 Å². The molecule has 6 heteroatoms. The number of benzene rings is 2. The minimum Gasteiger partial charge on any atom is -0.494 e. The van der Waals surface area contributed by atoms with Crippen LogP contribution in [0.25, 0.3) is 16.7 Å². The molecule has 0 bridgehead atoms. The third kappa shape index (κ3) is 4.92. The molecule has 1 aliphatic rings. The zero-order valence-corrected chi connectivity index (χ0v) is 18.3. The number of nitrogens with one attached hydrogen (secondary N) is 1. The van der Waals surface area contributed by atoms with Gasteiger partial charge in [-0.2, -0.15) is 4.98 Å². The van der Waals surface area contributed by atoms with Crippen molar-refractivity contribution in [1.29, 1.82) is 0 Å². The van der Waals surface area contributed by atoms with Gasteiger partial charge in [0, 0.05) is 24.6 Å². The van der Waals surface area contributed by atoms with Crippen molar-refractivity contribution >= 4 is 22.5 Å². The maximum Gasteiger partial charge on any atom is 0.229 e. The summed E-state index contributed by atoms with van der Waals surface area (Å²) in [6.45, 7) is 4.36. The summed E-state index contributed by atoms with van der Waals surface area (Å²) in [7, 11) is 0. The molecule has 0 atom stereocenters. The molecule has 0 spiro atoms. The molecule has 3 heterocycles. The van der Waals surface area contributed by atoms with E-state index < -0.39 is 0 Å². The van der Waals surface area contributed by atoms with E-state index in [2.05, 4.69) is 38.0 Å². The number of nitrogens with zero attached hydrogens (tertiary/aromatic N) is 4. The maximum absolute atomic E-state index is 5.92. The van der Waals surface area contributed by atoms with Crippen LogP contribution in [0.1, 0.15) is 25.7 Å². The Kier molecular flexibility index (Phi) is 6.30. The summed E-state index contributed by atoms with van der Waals surface area (Å²) >= 11 is 0. The largest absolute Gasteiger partial charge is 0.494 e. The molecule has 0 saturated carbocycles. The molecule has 0 unspecified atom stereocenters. The first-order chi connectivity index (χ1) is 15.8. The summed E-state index contributed by atoms with van der Waals surface area (Å²) in [5, 5.41) is 4.48. The van der Waals surface area contributed by atoms with Crippen molar-refractivity contribution in [3.63, 3.8) is 0 Å². The van der Waals surface area contributed by atoms with Gasteiger partial charge < -0.3 is 19.5 Å². The first kappa shape index (κ1) is 20.5. The van der Waals surface area contributed by atoms with Crippen LogP contribution in [0.3, 0.4) is 0 Å². The van der Waals surface area contributed by atoms with Gasteiger partial charge in [0.15, 0.2) is 0 Å². The summed E-state index contributed by atoms with van der Waals surface area (Å²) in [6.07, 6.45) is 8.93. The number of para-hydroxylation sites is 1. The summed E-state index contributed by atoms with van der Waals surface area (Å²) < 4.78 is 7.99. The Bertz CT molecular complexity index is 1150. The van der Waals surface area contributed by atoms with Gasteiger partial charge >= 0.3 is 0 Å². The molecule has 0 radical (unpaired) electrons. The Hall–Kier alpha value is -3.38. The fourth-order valence-electron chi connectivity index (χ4n) is 4.25. The number of piperidine rings is 1. The molecule has 1 saturated heterocycles. The van der Waals surface area contributed by atoms with E-state index in [4.69, 9.17) is 9.72 Å². The topological polar surface area (TPSA) is 55.2 Å². The number of anilines is 2. The van der Waals surface area contributed by atoms with Crippen LogP contribution in [-0.2, 0) is 0 Å². The molecular formula is C26H29N5O.